The van der Waals surface area contributed by atoms with E-state index in [-0.39, 0.29) is 37.4 Å². The van der Waals surface area contributed by atoms with Crippen molar-refractivity contribution in [2.24, 2.45) is 11.8 Å². The predicted octanol–water partition coefficient (Wildman–Crippen LogP) is 5.77. The molecule has 0 bridgehead atoms. The molecule has 0 radical (unpaired) electrons. The molecule has 3 N–H and O–H groups in total. The fraction of sp³-hybridized carbons (Fsp3) is 0.310. The Morgan fingerprint density at radius 1 is 0.760 bits per heavy atom. The van der Waals surface area contributed by atoms with Crippen molar-refractivity contribution >= 4 is 17.8 Å². The second-order valence-corrected chi connectivity index (χ2v) is 12.8. The van der Waals surface area contributed by atoms with Gasteiger partial charge in [0.15, 0.2) is 0 Å². The van der Waals surface area contributed by atoms with Gasteiger partial charge in [-0.2, -0.15) is 0 Å². The highest BCUT2D eigenvalue weighted by Crippen LogP contribution is 2.20. The van der Waals surface area contributed by atoms with E-state index in [1.165, 1.54) is 0 Å². The number of esters is 1. The van der Waals surface area contributed by atoms with Gasteiger partial charge in [0.1, 0.15) is 19.0 Å². The molecule has 4 unspecified atom stereocenters. The summed E-state index contributed by atoms with van der Waals surface area (Å²) in [7, 11) is 0. The second kappa shape index (κ2) is 19.1. The third-order valence-electron chi connectivity index (χ3n) is 8.81. The number of hydrogen-bond acceptors (Lipinski definition) is 6. The monoisotopic (exact) mass is 674 g/mol. The van der Waals surface area contributed by atoms with Crippen LogP contribution in [-0.2, 0) is 45.0 Å². The van der Waals surface area contributed by atoms with E-state index in [1.807, 2.05) is 127 Å². The Hall–Kier alpha value is -5.21. The Labute approximate surface area is 294 Å². The van der Waals surface area contributed by atoms with Gasteiger partial charge in [0, 0.05) is 6.42 Å². The van der Waals surface area contributed by atoms with Crippen molar-refractivity contribution in [3.8, 4) is 5.75 Å². The highest BCUT2D eigenvalue weighted by molar-refractivity contribution is 5.86. The molecule has 4 aromatic carbocycles. The molecule has 8 nitrogen and oxygen atoms in total. The lowest BCUT2D eigenvalue weighted by Crippen LogP contribution is -2.46. The predicted molar refractivity (Wildman–Crippen MR) is 193 cm³/mol. The normalized spacial score (nSPS) is 18.9. The maximum Gasteiger partial charge on any atom is 0.309 e. The van der Waals surface area contributed by atoms with Crippen molar-refractivity contribution in [1.82, 2.24) is 10.6 Å². The minimum Gasteiger partial charge on any atom is -0.489 e. The van der Waals surface area contributed by atoms with Crippen LogP contribution in [0.15, 0.2) is 127 Å². The summed E-state index contributed by atoms with van der Waals surface area (Å²) in [6.45, 7) is 0.228. The summed E-state index contributed by atoms with van der Waals surface area (Å²) >= 11 is 0. The van der Waals surface area contributed by atoms with Crippen LogP contribution in [0.5, 0.6) is 5.75 Å². The summed E-state index contributed by atoms with van der Waals surface area (Å²) < 4.78 is 11.8. The SMILES string of the molecule is O=C(CC1CC=CCC(Cc2ccccc2)C(=O)OCC(Cc2ccc(OCc3ccccc3)cc2)NC1=O)NC(CO)Cc1ccccc1. The Balaban J connectivity index is 1.28. The molecule has 5 rings (SSSR count). The number of nitrogens with one attached hydrogen (secondary N) is 2. The van der Waals surface area contributed by atoms with Crippen LogP contribution in [0.1, 0.15) is 41.5 Å². The van der Waals surface area contributed by atoms with Crippen molar-refractivity contribution in [2.75, 3.05) is 13.2 Å². The summed E-state index contributed by atoms with van der Waals surface area (Å²) in [5.41, 5.74) is 4.04. The fourth-order valence-corrected chi connectivity index (χ4v) is 6.05. The van der Waals surface area contributed by atoms with Crippen molar-refractivity contribution in [1.29, 1.82) is 0 Å². The minimum absolute atomic E-state index is 0.00554. The standard InChI is InChI=1S/C42H46N2O6/c45-28-37(25-32-14-6-2-7-15-32)43-40(46)27-35-18-10-11-19-36(24-31-12-4-1-5-13-31)42(48)50-30-38(44-41(35)47)26-33-20-22-39(23-21-33)49-29-34-16-8-3-9-17-34/h1-17,20-23,35-38,45H,18-19,24-30H2,(H,43,46)(H,44,47). The third-order valence-corrected chi connectivity index (χ3v) is 8.81. The number of cyclic esters (lactones) is 1. The zero-order valence-corrected chi connectivity index (χ0v) is 28.3. The van der Waals surface area contributed by atoms with E-state index in [0.29, 0.717) is 38.7 Å². The van der Waals surface area contributed by atoms with Gasteiger partial charge in [0.25, 0.3) is 0 Å². The first-order valence-corrected chi connectivity index (χ1v) is 17.3. The molecule has 0 fully saturated rings. The molecule has 0 saturated carbocycles. The summed E-state index contributed by atoms with van der Waals surface area (Å²) in [6.07, 6.45) is 5.94. The van der Waals surface area contributed by atoms with Crippen LogP contribution in [0.25, 0.3) is 0 Å². The Morgan fingerprint density at radius 2 is 1.34 bits per heavy atom. The number of carbonyl (C=O) groups is 3. The molecule has 1 aliphatic heterocycles. The van der Waals surface area contributed by atoms with Crippen LogP contribution in [0.4, 0.5) is 0 Å². The van der Waals surface area contributed by atoms with Gasteiger partial charge in [0.05, 0.1) is 30.5 Å². The number of aliphatic hydroxyl groups excluding tert-OH is 1. The quantitative estimate of drug-likeness (QED) is 0.123. The van der Waals surface area contributed by atoms with Crippen molar-refractivity contribution in [2.45, 2.75) is 57.2 Å². The van der Waals surface area contributed by atoms with Crippen molar-refractivity contribution in [3.05, 3.63) is 150 Å². The molecule has 0 aliphatic carbocycles. The van der Waals surface area contributed by atoms with E-state index in [9.17, 15) is 19.5 Å². The number of ether oxygens (including phenoxy) is 2. The average Bonchev–Trinajstić information content (AvgIpc) is 3.14. The van der Waals surface area contributed by atoms with E-state index >= 15 is 0 Å². The molecule has 260 valence electrons. The largest absolute Gasteiger partial charge is 0.489 e. The summed E-state index contributed by atoms with van der Waals surface area (Å²) in [6, 6.07) is 36.1. The molecule has 0 saturated heterocycles. The molecule has 0 spiro atoms. The molecule has 4 aromatic rings. The lowest BCUT2D eigenvalue weighted by atomic mass is 9.94. The molecule has 2 amide bonds. The Morgan fingerprint density at radius 3 is 1.98 bits per heavy atom. The number of carbonyl (C=O) groups excluding carboxylic acids is 3. The lowest BCUT2D eigenvalue weighted by Gasteiger charge is -2.25. The number of hydrogen-bond donors (Lipinski definition) is 3. The second-order valence-electron chi connectivity index (χ2n) is 12.8. The van der Waals surface area contributed by atoms with Crippen LogP contribution in [0.2, 0.25) is 0 Å². The van der Waals surface area contributed by atoms with E-state index in [0.717, 1.165) is 28.0 Å². The van der Waals surface area contributed by atoms with Crippen LogP contribution >= 0.6 is 0 Å². The molecule has 8 heteroatoms. The molecular formula is C42H46N2O6. The number of aliphatic hydroxyl groups is 1. The number of allylic oxidation sites excluding steroid dienone is 2. The van der Waals surface area contributed by atoms with E-state index in [1.54, 1.807) is 0 Å². The average molecular weight is 675 g/mol. The first-order chi connectivity index (χ1) is 24.4. The van der Waals surface area contributed by atoms with Crippen molar-refractivity contribution in [3.63, 3.8) is 0 Å². The van der Waals surface area contributed by atoms with Crippen LogP contribution in [-0.4, -0.2) is 48.2 Å². The van der Waals surface area contributed by atoms with Crippen LogP contribution in [0, 0.1) is 11.8 Å². The number of amides is 2. The maximum atomic E-state index is 13.7. The number of rotatable bonds is 13. The van der Waals surface area contributed by atoms with Crippen LogP contribution < -0.4 is 15.4 Å². The van der Waals surface area contributed by atoms with Gasteiger partial charge in [-0.15, -0.1) is 0 Å². The van der Waals surface area contributed by atoms with Gasteiger partial charge in [-0.3, -0.25) is 14.4 Å². The smallest absolute Gasteiger partial charge is 0.309 e. The van der Waals surface area contributed by atoms with Crippen LogP contribution in [0.3, 0.4) is 0 Å². The highest BCUT2D eigenvalue weighted by Gasteiger charge is 2.27. The fourth-order valence-electron chi connectivity index (χ4n) is 6.05. The number of benzene rings is 4. The topological polar surface area (TPSA) is 114 Å². The molecule has 4 atom stereocenters. The summed E-state index contributed by atoms with van der Waals surface area (Å²) in [5.74, 6) is -1.23. The minimum atomic E-state index is -0.652. The summed E-state index contributed by atoms with van der Waals surface area (Å²) in [5, 5.41) is 16.0. The summed E-state index contributed by atoms with van der Waals surface area (Å²) in [4.78, 5) is 40.3. The lowest BCUT2D eigenvalue weighted by molar-refractivity contribution is -0.150. The van der Waals surface area contributed by atoms with E-state index in [2.05, 4.69) is 10.6 Å². The first-order valence-electron chi connectivity index (χ1n) is 17.3. The highest BCUT2D eigenvalue weighted by atomic mass is 16.5. The van der Waals surface area contributed by atoms with Gasteiger partial charge in [-0.25, -0.2) is 0 Å². The van der Waals surface area contributed by atoms with Gasteiger partial charge in [-0.05, 0) is 66.5 Å². The van der Waals surface area contributed by atoms with Gasteiger partial charge in [0.2, 0.25) is 11.8 Å². The van der Waals surface area contributed by atoms with Gasteiger partial charge < -0.3 is 25.2 Å². The molecule has 1 aliphatic rings. The van der Waals surface area contributed by atoms with E-state index < -0.39 is 23.9 Å². The Bertz CT molecular complexity index is 1660. The zero-order chi connectivity index (χ0) is 35.0. The van der Waals surface area contributed by atoms with E-state index in [4.69, 9.17) is 9.47 Å². The molecule has 1 heterocycles. The first kappa shape index (κ1) is 36.1. The molecular weight excluding hydrogens is 628 g/mol. The molecule has 50 heavy (non-hydrogen) atoms. The zero-order valence-electron chi connectivity index (χ0n) is 28.3. The Kier molecular flexibility index (Phi) is 13.8. The van der Waals surface area contributed by atoms with Gasteiger partial charge in [-0.1, -0.05) is 115 Å². The maximum absolute atomic E-state index is 13.7. The van der Waals surface area contributed by atoms with Crippen molar-refractivity contribution < 1.29 is 29.0 Å². The third kappa shape index (κ3) is 11.7. The molecule has 0 aromatic heterocycles. The van der Waals surface area contributed by atoms with Gasteiger partial charge >= 0.3 is 5.97 Å².